The van der Waals surface area contributed by atoms with Crippen molar-refractivity contribution in [2.24, 2.45) is 5.73 Å². The van der Waals surface area contributed by atoms with Crippen molar-refractivity contribution >= 4 is 17.8 Å². The first-order valence-corrected chi connectivity index (χ1v) is 12.2. The van der Waals surface area contributed by atoms with E-state index in [0.29, 0.717) is 18.7 Å². The average Bonchev–Trinajstić information content (AvgIpc) is 2.77. The molecular weight excluding hydrogens is 442 g/mol. The molecule has 0 fully saturated rings. The van der Waals surface area contributed by atoms with Gasteiger partial charge in [-0.05, 0) is 49.4 Å². The maximum Gasteiger partial charge on any atom is 0.328 e. The SMILES string of the molecule is CCCCNC(=O)CNC(=O)CC(C)(C)c1c(C)cc(C)cc1OC(=O)[C@@H](N)Cc1ccccc1. The number of aryl methyl sites for hydroxylation is 2. The van der Waals surface area contributed by atoms with Crippen LogP contribution in [0.15, 0.2) is 42.5 Å². The molecule has 7 nitrogen and oxygen atoms in total. The van der Waals surface area contributed by atoms with Crippen molar-refractivity contribution in [1.29, 1.82) is 0 Å². The predicted molar refractivity (Wildman–Crippen MR) is 138 cm³/mol. The summed E-state index contributed by atoms with van der Waals surface area (Å²) in [6, 6.07) is 12.5. The highest BCUT2D eigenvalue weighted by Crippen LogP contribution is 2.38. The minimum absolute atomic E-state index is 0.0678. The summed E-state index contributed by atoms with van der Waals surface area (Å²) in [4.78, 5) is 37.5. The smallest absolute Gasteiger partial charge is 0.328 e. The van der Waals surface area contributed by atoms with Crippen LogP contribution < -0.4 is 21.1 Å². The van der Waals surface area contributed by atoms with Crippen molar-refractivity contribution < 1.29 is 19.1 Å². The second kappa shape index (κ2) is 13.0. The molecule has 0 aliphatic heterocycles. The number of nitrogens with two attached hydrogens (primary N) is 1. The maximum absolute atomic E-state index is 12.9. The zero-order valence-corrected chi connectivity index (χ0v) is 21.6. The van der Waals surface area contributed by atoms with E-state index in [-0.39, 0.29) is 24.8 Å². The van der Waals surface area contributed by atoms with Gasteiger partial charge in [-0.3, -0.25) is 9.59 Å². The van der Waals surface area contributed by atoms with Gasteiger partial charge in [0.1, 0.15) is 11.8 Å². The van der Waals surface area contributed by atoms with Crippen molar-refractivity contribution in [1.82, 2.24) is 10.6 Å². The van der Waals surface area contributed by atoms with E-state index in [1.807, 2.05) is 71.0 Å². The maximum atomic E-state index is 12.9. The second-order valence-corrected chi connectivity index (χ2v) is 9.71. The highest BCUT2D eigenvalue weighted by atomic mass is 16.5. The molecule has 0 radical (unpaired) electrons. The fourth-order valence-corrected chi connectivity index (χ4v) is 4.21. The lowest BCUT2D eigenvalue weighted by atomic mass is 9.78. The fourth-order valence-electron chi connectivity index (χ4n) is 4.21. The Hall–Kier alpha value is -3.19. The molecule has 2 amide bonds. The Bertz CT molecular complexity index is 1020. The van der Waals surface area contributed by atoms with Gasteiger partial charge in [-0.1, -0.05) is 63.6 Å². The molecule has 4 N–H and O–H groups in total. The van der Waals surface area contributed by atoms with Gasteiger partial charge in [0.2, 0.25) is 11.8 Å². The summed E-state index contributed by atoms with van der Waals surface area (Å²) in [5, 5.41) is 5.48. The van der Waals surface area contributed by atoms with Crippen LogP contribution in [-0.2, 0) is 26.2 Å². The van der Waals surface area contributed by atoms with E-state index in [1.165, 1.54) is 0 Å². The van der Waals surface area contributed by atoms with Crippen LogP contribution in [0.1, 0.15) is 62.3 Å². The minimum atomic E-state index is -0.816. The van der Waals surface area contributed by atoms with E-state index < -0.39 is 17.4 Å². The number of amides is 2. The lowest BCUT2D eigenvalue weighted by Crippen LogP contribution is -2.39. The lowest BCUT2D eigenvalue weighted by Gasteiger charge is -2.29. The molecule has 1 atom stereocenters. The standard InChI is InChI=1S/C28H39N3O4/c1-6-7-13-30-25(33)18-31-24(32)17-28(4,5)26-20(3)14-19(2)15-23(26)35-27(34)22(29)16-21-11-9-8-10-12-21/h8-12,14-15,22H,6-7,13,16-18,29H2,1-5H3,(H,30,33)(H,31,32)/t22-/m0/s1. The number of ether oxygens (including phenoxy) is 1. The molecule has 2 aromatic carbocycles. The summed E-state index contributed by atoms with van der Waals surface area (Å²) in [5.41, 5.74) is 9.07. The molecule has 0 bridgehead atoms. The second-order valence-electron chi connectivity index (χ2n) is 9.71. The molecule has 0 aliphatic rings. The zero-order chi connectivity index (χ0) is 26.0. The van der Waals surface area contributed by atoms with Gasteiger partial charge in [0, 0.05) is 23.9 Å². The molecule has 0 aromatic heterocycles. The first-order chi connectivity index (χ1) is 16.5. The van der Waals surface area contributed by atoms with Crippen LogP contribution in [0, 0.1) is 13.8 Å². The predicted octanol–water partition coefficient (Wildman–Crippen LogP) is 3.48. The number of rotatable bonds is 12. The molecule has 35 heavy (non-hydrogen) atoms. The van der Waals surface area contributed by atoms with E-state index in [1.54, 1.807) is 6.07 Å². The van der Waals surface area contributed by atoms with Crippen LogP contribution in [0.3, 0.4) is 0 Å². The Labute approximate surface area is 208 Å². The van der Waals surface area contributed by atoms with Crippen molar-refractivity contribution in [2.75, 3.05) is 13.1 Å². The van der Waals surface area contributed by atoms with Crippen LogP contribution in [-0.4, -0.2) is 36.9 Å². The largest absolute Gasteiger partial charge is 0.425 e. The number of nitrogens with one attached hydrogen (secondary N) is 2. The highest BCUT2D eigenvalue weighted by Gasteiger charge is 2.31. The van der Waals surface area contributed by atoms with Crippen molar-refractivity contribution in [2.45, 2.75) is 71.8 Å². The summed E-state index contributed by atoms with van der Waals surface area (Å²) in [6.07, 6.45) is 2.38. The van der Waals surface area contributed by atoms with E-state index >= 15 is 0 Å². The number of unbranched alkanes of at least 4 members (excludes halogenated alkanes) is 1. The molecule has 2 rings (SSSR count). The summed E-state index contributed by atoms with van der Waals surface area (Å²) < 4.78 is 5.80. The van der Waals surface area contributed by atoms with Crippen LogP contribution in [0.2, 0.25) is 0 Å². The first-order valence-electron chi connectivity index (χ1n) is 12.2. The van der Waals surface area contributed by atoms with Gasteiger partial charge in [0.05, 0.1) is 6.54 Å². The molecule has 0 unspecified atom stereocenters. The number of benzene rings is 2. The van der Waals surface area contributed by atoms with Crippen LogP contribution >= 0.6 is 0 Å². The Morgan fingerprint density at radius 3 is 2.37 bits per heavy atom. The normalized spacial score (nSPS) is 12.1. The number of carbonyl (C=O) groups is 3. The number of hydrogen-bond donors (Lipinski definition) is 3. The van der Waals surface area contributed by atoms with Crippen LogP contribution in [0.5, 0.6) is 5.75 Å². The Morgan fingerprint density at radius 2 is 1.71 bits per heavy atom. The van der Waals surface area contributed by atoms with Gasteiger partial charge < -0.3 is 21.1 Å². The van der Waals surface area contributed by atoms with E-state index in [2.05, 4.69) is 10.6 Å². The average molecular weight is 482 g/mol. The molecule has 0 aliphatic carbocycles. The number of carbonyl (C=O) groups excluding carboxylic acids is 3. The summed E-state index contributed by atoms with van der Waals surface area (Å²) in [7, 11) is 0. The van der Waals surface area contributed by atoms with Gasteiger partial charge >= 0.3 is 5.97 Å². The minimum Gasteiger partial charge on any atom is -0.425 e. The quantitative estimate of drug-likeness (QED) is 0.244. The van der Waals surface area contributed by atoms with Crippen molar-refractivity contribution in [3.8, 4) is 5.75 Å². The number of esters is 1. The molecular formula is C28H39N3O4. The van der Waals surface area contributed by atoms with Gasteiger partial charge in [-0.2, -0.15) is 0 Å². The molecule has 0 saturated heterocycles. The first kappa shape index (κ1) is 28.1. The Balaban J connectivity index is 2.12. The topological polar surface area (TPSA) is 111 Å². The monoisotopic (exact) mass is 481 g/mol. The summed E-state index contributed by atoms with van der Waals surface area (Å²) >= 11 is 0. The summed E-state index contributed by atoms with van der Waals surface area (Å²) in [5.74, 6) is -0.577. The molecule has 0 spiro atoms. The molecule has 7 heteroatoms. The van der Waals surface area contributed by atoms with Gasteiger partial charge in [0.25, 0.3) is 0 Å². The molecule has 0 heterocycles. The Morgan fingerprint density at radius 1 is 1.03 bits per heavy atom. The van der Waals surface area contributed by atoms with Crippen LogP contribution in [0.4, 0.5) is 0 Å². The molecule has 0 saturated carbocycles. The van der Waals surface area contributed by atoms with E-state index in [4.69, 9.17) is 10.5 Å². The third-order valence-electron chi connectivity index (χ3n) is 5.83. The zero-order valence-electron chi connectivity index (χ0n) is 21.6. The molecule has 2 aromatic rings. The van der Waals surface area contributed by atoms with Crippen molar-refractivity contribution in [3.05, 3.63) is 64.7 Å². The van der Waals surface area contributed by atoms with Gasteiger partial charge in [-0.25, -0.2) is 4.79 Å². The van der Waals surface area contributed by atoms with Crippen LogP contribution in [0.25, 0.3) is 0 Å². The highest BCUT2D eigenvalue weighted by molar-refractivity contribution is 5.85. The van der Waals surface area contributed by atoms with E-state index in [9.17, 15) is 14.4 Å². The molecule has 190 valence electrons. The lowest BCUT2D eigenvalue weighted by molar-refractivity contribution is -0.135. The van der Waals surface area contributed by atoms with Gasteiger partial charge in [-0.15, -0.1) is 0 Å². The van der Waals surface area contributed by atoms with Gasteiger partial charge in [0.15, 0.2) is 0 Å². The Kier molecular flexibility index (Phi) is 10.5. The third kappa shape index (κ3) is 8.83. The summed E-state index contributed by atoms with van der Waals surface area (Å²) in [6.45, 7) is 10.3. The van der Waals surface area contributed by atoms with E-state index in [0.717, 1.165) is 35.1 Å². The fraction of sp³-hybridized carbons (Fsp3) is 0.464. The van der Waals surface area contributed by atoms with Crippen molar-refractivity contribution in [3.63, 3.8) is 0 Å². The number of hydrogen-bond acceptors (Lipinski definition) is 5. The third-order valence-corrected chi connectivity index (χ3v) is 5.83.